The van der Waals surface area contributed by atoms with Gasteiger partial charge in [0.1, 0.15) is 0 Å². The fourth-order valence-electron chi connectivity index (χ4n) is 3.40. The van der Waals surface area contributed by atoms with E-state index in [4.69, 9.17) is 0 Å². The lowest BCUT2D eigenvalue weighted by Crippen LogP contribution is -2.36. The van der Waals surface area contributed by atoms with Gasteiger partial charge in [0.25, 0.3) is 5.91 Å². The average molecular weight is 320 g/mol. The van der Waals surface area contributed by atoms with Crippen LogP contribution in [0.3, 0.4) is 0 Å². The molecule has 3 rings (SSSR count). The van der Waals surface area contributed by atoms with Crippen molar-refractivity contribution in [2.24, 2.45) is 5.92 Å². The first kappa shape index (κ1) is 15.5. The van der Waals surface area contributed by atoms with Crippen LogP contribution >= 0.6 is 11.3 Å². The predicted molar refractivity (Wildman–Crippen MR) is 88.3 cm³/mol. The Hall–Kier alpha value is -1.36. The quantitative estimate of drug-likeness (QED) is 0.798. The van der Waals surface area contributed by atoms with Gasteiger partial charge in [-0.05, 0) is 43.2 Å². The maximum absolute atomic E-state index is 12.8. The number of hydrogen-bond donors (Lipinski definition) is 0. The molecule has 0 N–H and O–H groups in total. The van der Waals surface area contributed by atoms with Crippen molar-refractivity contribution >= 4 is 23.2 Å². The number of fused-ring (bicyclic) bond motifs is 1. The van der Waals surface area contributed by atoms with E-state index < -0.39 is 0 Å². The molecule has 1 fully saturated rings. The van der Waals surface area contributed by atoms with E-state index in [0.29, 0.717) is 13.1 Å². The molecule has 0 saturated carbocycles. The molecule has 2 aliphatic rings. The van der Waals surface area contributed by atoms with E-state index in [2.05, 4.69) is 13.0 Å². The van der Waals surface area contributed by atoms with Crippen LogP contribution in [0.2, 0.25) is 0 Å². The number of carbonyl (C=O) groups excluding carboxylic acids is 2. The van der Waals surface area contributed by atoms with E-state index in [9.17, 15) is 9.59 Å². The number of rotatable bonds is 1. The fourth-order valence-corrected chi connectivity index (χ4v) is 4.58. The molecule has 120 valence electrons. The van der Waals surface area contributed by atoms with Crippen LogP contribution < -0.4 is 0 Å². The van der Waals surface area contributed by atoms with Crippen molar-refractivity contribution in [3.8, 4) is 0 Å². The number of thiophene rings is 1. The van der Waals surface area contributed by atoms with Gasteiger partial charge in [0.05, 0.1) is 4.88 Å². The normalized spacial score (nSPS) is 22.2. The minimum absolute atomic E-state index is 0.106. The van der Waals surface area contributed by atoms with Crippen molar-refractivity contribution < 1.29 is 9.59 Å². The lowest BCUT2D eigenvalue weighted by molar-refractivity contribution is -0.128. The maximum atomic E-state index is 12.8. The standard InChI is InChI=1S/C17H24N2O2S/c1-12-4-5-15-14(10-12)11-16(22-15)17(21)19-7-3-6-18(8-9-19)13(2)20/h11-12H,3-10H2,1-2H3. The third-order valence-electron chi connectivity index (χ3n) is 4.77. The lowest BCUT2D eigenvalue weighted by atomic mass is 9.90. The average Bonchev–Trinajstić information content (AvgIpc) is 2.74. The number of hydrogen-bond acceptors (Lipinski definition) is 3. The van der Waals surface area contributed by atoms with Gasteiger partial charge >= 0.3 is 0 Å². The summed E-state index contributed by atoms with van der Waals surface area (Å²) in [6.07, 6.45) is 4.33. The smallest absolute Gasteiger partial charge is 0.263 e. The summed E-state index contributed by atoms with van der Waals surface area (Å²) in [4.78, 5) is 30.3. The first-order chi connectivity index (χ1) is 10.5. The molecule has 1 atom stereocenters. The van der Waals surface area contributed by atoms with Crippen LogP contribution in [0.4, 0.5) is 0 Å². The van der Waals surface area contributed by atoms with Crippen LogP contribution in [0.1, 0.15) is 46.8 Å². The Bertz CT molecular complexity index is 581. The summed E-state index contributed by atoms with van der Waals surface area (Å²) < 4.78 is 0. The van der Waals surface area contributed by atoms with Crippen molar-refractivity contribution in [1.29, 1.82) is 0 Å². The largest absolute Gasteiger partial charge is 0.341 e. The van der Waals surface area contributed by atoms with Crippen molar-refractivity contribution in [1.82, 2.24) is 9.80 Å². The molecule has 1 aliphatic carbocycles. The molecule has 0 aromatic carbocycles. The summed E-state index contributed by atoms with van der Waals surface area (Å²) in [5.74, 6) is 0.986. The number of amides is 2. The van der Waals surface area contributed by atoms with E-state index in [-0.39, 0.29) is 11.8 Å². The molecule has 1 aliphatic heterocycles. The Morgan fingerprint density at radius 1 is 1.18 bits per heavy atom. The van der Waals surface area contributed by atoms with Crippen molar-refractivity contribution in [2.75, 3.05) is 26.2 Å². The minimum Gasteiger partial charge on any atom is -0.341 e. The molecular formula is C17H24N2O2S. The highest BCUT2D eigenvalue weighted by molar-refractivity contribution is 7.14. The Morgan fingerprint density at radius 3 is 2.68 bits per heavy atom. The summed E-state index contributed by atoms with van der Waals surface area (Å²) >= 11 is 1.68. The van der Waals surface area contributed by atoms with Gasteiger partial charge in [-0.3, -0.25) is 9.59 Å². The zero-order valence-corrected chi connectivity index (χ0v) is 14.2. The second kappa shape index (κ2) is 6.41. The molecule has 4 nitrogen and oxygen atoms in total. The van der Waals surface area contributed by atoms with Crippen molar-refractivity contribution in [2.45, 2.75) is 39.5 Å². The van der Waals surface area contributed by atoms with Crippen LogP contribution in [-0.2, 0) is 17.6 Å². The van der Waals surface area contributed by atoms with Gasteiger partial charge in [-0.25, -0.2) is 0 Å². The van der Waals surface area contributed by atoms with Crippen LogP contribution in [0, 0.1) is 5.92 Å². The molecule has 1 unspecified atom stereocenters. The summed E-state index contributed by atoms with van der Waals surface area (Å²) in [5, 5.41) is 0. The van der Waals surface area contributed by atoms with Gasteiger partial charge in [0.2, 0.25) is 5.91 Å². The van der Waals surface area contributed by atoms with E-state index in [1.807, 2.05) is 9.80 Å². The third kappa shape index (κ3) is 3.19. The van der Waals surface area contributed by atoms with Crippen LogP contribution in [-0.4, -0.2) is 47.8 Å². The highest BCUT2D eigenvalue weighted by Gasteiger charge is 2.25. The van der Waals surface area contributed by atoms with Gasteiger partial charge in [-0.15, -0.1) is 11.3 Å². The van der Waals surface area contributed by atoms with Gasteiger partial charge in [0.15, 0.2) is 0 Å². The Balaban J connectivity index is 1.70. The van der Waals surface area contributed by atoms with Gasteiger partial charge in [0, 0.05) is 38.0 Å². The molecule has 1 saturated heterocycles. The highest BCUT2D eigenvalue weighted by atomic mass is 32.1. The molecule has 0 bridgehead atoms. The molecule has 2 amide bonds. The number of nitrogens with zero attached hydrogens (tertiary/aromatic N) is 2. The molecule has 0 spiro atoms. The van der Waals surface area contributed by atoms with Crippen LogP contribution in [0.25, 0.3) is 0 Å². The summed E-state index contributed by atoms with van der Waals surface area (Å²) in [5.41, 5.74) is 1.38. The second-order valence-electron chi connectivity index (χ2n) is 6.56. The maximum Gasteiger partial charge on any atom is 0.263 e. The SMILES string of the molecule is CC(=O)N1CCCN(C(=O)c2cc3c(s2)CCC(C)C3)CC1. The molecule has 5 heteroatoms. The zero-order chi connectivity index (χ0) is 15.7. The van der Waals surface area contributed by atoms with E-state index >= 15 is 0 Å². The fraction of sp³-hybridized carbons (Fsp3) is 0.647. The molecule has 2 heterocycles. The summed E-state index contributed by atoms with van der Waals surface area (Å²) in [6, 6.07) is 2.12. The predicted octanol–water partition coefficient (Wildman–Crippen LogP) is 2.57. The third-order valence-corrected chi connectivity index (χ3v) is 5.99. The van der Waals surface area contributed by atoms with Gasteiger partial charge in [-0.2, -0.15) is 0 Å². The first-order valence-corrected chi connectivity index (χ1v) is 9.02. The van der Waals surface area contributed by atoms with Crippen molar-refractivity contribution in [3.63, 3.8) is 0 Å². The lowest BCUT2D eigenvalue weighted by Gasteiger charge is -2.20. The Kier molecular flexibility index (Phi) is 4.52. The zero-order valence-electron chi connectivity index (χ0n) is 13.4. The number of carbonyl (C=O) groups is 2. The topological polar surface area (TPSA) is 40.6 Å². The van der Waals surface area contributed by atoms with Gasteiger partial charge < -0.3 is 9.80 Å². The molecule has 0 radical (unpaired) electrons. The minimum atomic E-state index is 0.106. The van der Waals surface area contributed by atoms with E-state index in [1.165, 1.54) is 16.9 Å². The van der Waals surface area contributed by atoms with E-state index in [1.54, 1.807) is 18.3 Å². The van der Waals surface area contributed by atoms with Gasteiger partial charge in [-0.1, -0.05) is 6.92 Å². The molecule has 1 aromatic heterocycles. The van der Waals surface area contributed by atoms with Crippen LogP contribution in [0.15, 0.2) is 6.07 Å². The summed E-state index contributed by atoms with van der Waals surface area (Å²) in [7, 11) is 0. The first-order valence-electron chi connectivity index (χ1n) is 8.21. The van der Waals surface area contributed by atoms with Crippen molar-refractivity contribution in [3.05, 3.63) is 21.4 Å². The Morgan fingerprint density at radius 2 is 1.91 bits per heavy atom. The molecular weight excluding hydrogens is 296 g/mol. The molecule has 22 heavy (non-hydrogen) atoms. The van der Waals surface area contributed by atoms with E-state index in [0.717, 1.165) is 43.1 Å². The summed E-state index contributed by atoms with van der Waals surface area (Å²) in [6.45, 7) is 6.71. The van der Waals surface area contributed by atoms with Crippen LogP contribution in [0.5, 0.6) is 0 Å². The number of aryl methyl sites for hydroxylation is 1. The molecule has 1 aromatic rings. The Labute approximate surface area is 136 Å². The monoisotopic (exact) mass is 320 g/mol. The highest BCUT2D eigenvalue weighted by Crippen LogP contribution is 2.32. The second-order valence-corrected chi connectivity index (χ2v) is 7.70.